The van der Waals surface area contributed by atoms with Crippen LogP contribution in [0, 0.1) is 5.82 Å². The van der Waals surface area contributed by atoms with Gasteiger partial charge in [0.1, 0.15) is 5.82 Å². The summed E-state index contributed by atoms with van der Waals surface area (Å²) in [5, 5.41) is 3.14. The number of hydrogen-bond acceptors (Lipinski definition) is 5. The van der Waals surface area contributed by atoms with Crippen LogP contribution >= 0.6 is 0 Å². The molecule has 3 heterocycles. The Hall–Kier alpha value is -2.95. The van der Waals surface area contributed by atoms with Crippen molar-refractivity contribution < 1.29 is 22.4 Å². The highest BCUT2D eigenvalue weighted by Crippen LogP contribution is 2.29. The van der Waals surface area contributed by atoms with Gasteiger partial charge in [0.05, 0.1) is 5.56 Å². The summed E-state index contributed by atoms with van der Waals surface area (Å²) >= 11 is 0. The third-order valence-electron chi connectivity index (χ3n) is 6.67. The Morgan fingerprint density at radius 2 is 1.66 bits per heavy atom. The summed E-state index contributed by atoms with van der Waals surface area (Å²) in [4.78, 5) is 26.6. The molecular weight excluding hydrogens is 464 g/mol. The molecule has 0 spiro atoms. The second kappa shape index (κ2) is 10.3. The van der Waals surface area contributed by atoms with Gasteiger partial charge in [0.2, 0.25) is 5.95 Å². The van der Waals surface area contributed by atoms with E-state index < -0.39 is 11.7 Å². The van der Waals surface area contributed by atoms with E-state index in [0.717, 1.165) is 38.3 Å². The molecule has 2 aliphatic rings. The molecule has 2 aliphatic heterocycles. The lowest BCUT2D eigenvalue weighted by molar-refractivity contribution is -0.138. The summed E-state index contributed by atoms with van der Waals surface area (Å²) in [5.41, 5.74) is -0.215. The van der Waals surface area contributed by atoms with E-state index in [1.165, 1.54) is 6.07 Å². The molecule has 35 heavy (non-hydrogen) atoms. The van der Waals surface area contributed by atoms with Crippen molar-refractivity contribution in [3.05, 3.63) is 53.6 Å². The highest BCUT2D eigenvalue weighted by Gasteiger charge is 2.36. The average Bonchev–Trinajstić information content (AvgIpc) is 2.81. The molecule has 1 aromatic heterocycles. The van der Waals surface area contributed by atoms with E-state index in [1.807, 2.05) is 19.9 Å². The first-order valence-corrected chi connectivity index (χ1v) is 11.8. The van der Waals surface area contributed by atoms with Crippen LogP contribution in [0.3, 0.4) is 0 Å². The minimum absolute atomic E-state index is 0.0371. The molecule has 190 valence electrons. The van der Waals surface area contributed by atoms with Crippen LogP contribution in [0.4, 0.5) is 28.3 Å². The Morgan fingerprint density at radius 3 is 2.23 bits per heavy atom. The zero-order valence-electron chi connectivity index (χ0n) is 19.8. The number of rotatable bonds is 4. The SMILES string of the molecule is C[C@@H]1CN(c2ncc(C(F)(F)F)cn2)C[C@H](C)N1C(=O)NC1CCN(Cc2ccccc2F)CC1. The quantitative estimate of drug-likeness (QED) is 0.653. The Labute approximate surface area is 202 Å². The fourth-order valence-corrected chi connectivity index (χ4v) is 4.87. The third-order valence-corrected chi connectivity index (χ3v) is 6.67. The maximum absolute atomic E-state index is 13.9. The van der Waals surface area contributed by atoms with Crippen molar-refractivity contribution in [2.24, 2.45) is 0 Å². The predicted octanol–water partition coefficient (Wildman–Crippen LogP) is 3.91. The number of piperidine rings is 1. The number of likely N-dealkylation sites (tertiary alicyclic amines) is 1. The number of nitrogens with one attached hydrogen (secondary N) is 1. The minimum Gasteiger partial charge on any atom is -0.337 e. The Balaban J connectivity index is 1.28. The third kappa shape index (κ3) is 6.01. The van der Waals surface area contributed by atoms with Gasteiger partial charge in [-0.3, -0.25) is 4.90 Å². The fraction of sp³-hybridized carbons (Fsp3) is 0.542. The Kier molecular flexibility index (Phi) is 7.44. The number of aromatic nitrogens is 2. The smallest absolute Gasteiger partial charge is 0.337 e. The van der Waals surface area contributed by atoms with Crippen molar-refractivity contribution in [2.45, 2.75) is 57.5 Å². The molecule has 2 saturated heterocycles. The maximum Gasteiger partial charge on any atom is 0.419 e. The zero-order chi connectivity index (χ0) is 25.2. The minimum atomic E-state index is -4.48. The van der Waals surface area contributed by atoms with Gasteiger partial charge >= 0.3 is 12.2 Å². The van der Waals surface area contributed by atoms with Gasteiger partial charge in [-0.15, -0.1) is 0 Å². The largest absolute Gasteiger partial charge is 0.419 e. The van der Waals surface area contributed by atoms with E-state index in [1.54, 1.807) is 21.9 Å². The van der Waals surface area contributed by atoms with Gasteiger partial charge in [-0.1, -0.05) is 18.2 Å². The van der Waals surface area contributed by atoms with Crippen LogP contribution in [0.1, 0.15) is 37.8 Å². The number of piperazine rings is 1. The molecule has 2 amide bonds. The number of carbonyl (C=O) groups is 1. The van der Waals surface area contributed by atoms with Crippen molar-refractivity contribution >= 4 is 12.0 Å². The van der Waals surface area contributed by atoms with Crippen LogP contribution in [0.2, 0.25) is 0 Å². The second-order valence-corrected chi connectivity index (χ2v) is 9.37. The number of benzene rings is 1. The second-order valence-electron chi connectivity index (χ2n) is 9.37. The van der Waals surface area contributed by atoms with E-state index >= 15 is 0 Å². The number of urea groups is 1. The normalized spacial score (nSPS) is 22.3. The van der Waals surface area contributed by atoms with Crippen LogP contribution in [-0.2, 0) is 12.7 Å². The number of halogens is 4. The molecule has 1 N–H and O–H groups in total. The molecule has 0 radical (unpaired) electrons. The summed E-state index contributed by atoms with van der Waals surface area (Å²) in [5.74, 6) is 0.0192. The van der Waals surface area contributed by atoms with Gasteiger partial charge in [0.25, 0.3) is 0 Å². The first-order valence-electron chi connectivity index (χ1n) is 11.8. The zero-order valence-corrected chi connectivity index (χ0v) is 19.8. The highest BCUT2D eigenvalue weighted by atomic mass is 19.4. The molecule has 4 rings (SSSR count). The molecule has 0 bridgehead atoms. The molecule has 0 unspecified atom stereocenters. The van der Waals surface area contributed by atoms with Crippen molar-refractivity contribution in [2.75, 3.05) is 31.1 Å². The van der Waals surface area contributed by atoms with E-state index in [2.05, 4.69) is 20.2 Å². The summed E-state index contributed by atoms with van der Waals surface area (Å²) in [6, 6.07) is 6.31. The summed E-state index contributed by atoms with van der Waals surface area (Å²) in [6.07, 6.45) is -1.35. The van der Waals surface area contributed by atoms with Crippen LogP contribution < -0.4 is 10.2 Å². The van der Waals surface area contributed by atoms with Crippen molar-refractivity contribution in [3.63, 3.8) is 0 Å². The molecule has 1 aromatic carbocycles. The van der Waals surface area contributed by atoms with Crippen LogP contribution in [-0.4, -0.2) is 70.1 Å². The van der Waals surface area contributed by atoms with E-state index in [4.69, 9.17) is 0 Å². The molecule has 2 fully saturated rings. The molecule has 11 heteroatoms. The first-order chi connectivity index (χ1) is 16.6. The van der Waals surface area contributed by atoms with Crippen molar-refractivity contribution in [3.8, 4) is 0 Å². The van der Waals surface area contributed by atoms with Crippen LogP contribution in [0.25, 0.3) is 0 Å². The standard InChI is InChI=1S/C24H30F4N6O/c1-16-13-33(22-29-11-19(12-30-22)24(26,27)28)14-17(2)34(16)23(35)31-20-7-9-32(10-8-20)15-18-5-3-4-6-21(18)25/h3-6,11-12,16-17,20H,7-10,13-15H2,1-2H3,(H,31,35)/t16-,17+. The predicted molar refractivity (Wildman–Crippen MR) is 123 cm³/mol. The molecule has 0 saturated carbocycles. The molecular formula is C24H30F4N6O. The van der Waals surface area contributed by atoms with Gasteiger partial charge in [0, 0.05) is 68.8 Å². The molecule has 2 aromatic rings. The Bertz CT molecular complexity index is 998. The van der Waals surface area contributed by atoms with Gasteiger partial charge in [-0.05, 0) is 32.8 Å². The number of amides is 2. The lowest BCUT2D eigenvalue weighted by Gasteiger charge is -2.45. The van der Waals surface area contributed by atoms with Crippen LogP contribution in [0.15, 0.2) is 36.7 Å². The maximum atomic E-state index is 13.9. The van der Waals surface area contributed by atoms with Gasteiger partial charge in [0.15, 0.2) is 0 Å². The lowest BCUT2D eigenvalue weighted by atomic mass is 10.0. The number of alkyl halides is 3. The van der Waals surface area contributed by atoms with Gasteiger partial charge in [-0.2, -0.15) is 13.2 Å². The lowest BCUT2D eigenvalue weighted by Crippen LogP contribution is -2.62. The Morgan fingerprint density at radius 1 is 1.06 bits per heavy atom. The fourth-order valence-electron chi connectivity index (χ4n) is 4.87. The topological polar surface area (TPSA) is 64.6 Å². The van der Waals surface area contributed by atoms with E-state index in [9.17, 15) is 22.4 Å². The first kappa shape index (κ1) is 25.2. The highest BCUT2D eigenvalue weighted by molar-refractivity contribution is 5.75. The van der Waals surface area contributed by atoms with E-state index in [-0.39, 0.29) is 35.9 Å². The molecule has 2 atom stereocenters. The summed E-state index contributed by atoms with van der Waals surface area (Å²) in [7, 11) is 0. The van der Waals surface area contributed by atoms with Crippen molar-refractivity contribution in [1.82, 2.24) is 25.1 Å². The number of hydrogen-bond donors (Lipinski definition) is 1. The van der Waals surface area contributed by atoms with Gasteiger partial charge < -0.3 is 15.1 Å². The monoisotopic (exact) mass is 494 g/mol. The average molecular weight is 495 g/mol. The number of anilines is 1. The van der Waals surface area contributed by atoms with Crippen molar-refractivity contribution in [1.29, 1.82) is 0 Å². The summed E-state index contributed by atoms with van der Waals surface area (Å²) in [6.45, 7) is 6.74. The molecule has 7 nitrogen and oxygen atoms in total. The van der Waals surface area contributed by atoms with E-state index in [0.29, 0.717) is 25.2 Å². The summed E-state index contributed by atoms with van der Waals surface area (Å²) < 4.78 is 52.3. The van der Waals surface area contributed by atoms with Gasteiger partial charge in [-0.25, -0.2) is 19.2 Å². The van der Waals surface area contributed by atoms with Crippen LogP contribution in [0.5, 0.6) is 0 Å². The number of nitrogens with zero attached hydrogens (tertiary/aromatic N) is 5. The molecule has 0 aliphatic carbocycles. The number of carbonyl (C=O) groups excluding carboxylic acids is 1.